The number of rotatable bonds is 4. The van der Waals surface area contributed by atoms with Gasteiger partial charge in [-0.2, -0.15) is 13.2 Å². The van der Waals surface area contributed by atoms with Crippen LogP contribution in [0.15, 0.2) is 0 Å². The van der Waals surface area contributed by atoms with Gasteiger partial charge in [0.15, 0.2) is 0 Å². The van der Waals surface area contributed by atoms with Crippen molar-refractivity contribution in [2.75, 3.05) is 39.3 Å². The lowest BCUT2D eigenvalue weighted by molar-refractivity contribution is -0.140. The minimum Gasteiger partial charge on any atom is -0.347 e. The molecule has 0 aromatic heterocycles. The Kier molecular flexibility index (Phi) is 5.26. The zero-order valence-electron chi connectivity index (χ0n) is 11.5. The first-order valence-electron chi connectivity index (χ1n) is 7.21. The number of carbonyl (C=O) groups is 1. The summed E-state index contributed by atoms with van der Waals surface area (Å²) in [4.78, 5) is 13.9. The van der Waals surface area contributed by atoms with Crippen LogP contribution in [0.5, 0.6) is 0 Å². The molecule has 0 aliphatic carbocycles. The summed E-state index contributed by atoms with van der Waals surface area (Å²) >= 11 is 0. The van der Waals surface area contributed by atoms with Crippen LogP contribution in [0.1, 0.15) is 19.3 Å². The Balaban J connectivity index is 1.70. The molecule has 0 spiro atoms. The molecule has 2 heterocycles. The van der Waals surface area contributed by atoms with Crippen LogP contribution in [0.2, 0.25) is 0 Å². The summed E-state index contributed by atoms with van der Waals surface area (Å²) in [5, 5.41) is 5.30. The molecule has 0 saturated carbocycles. The summed E-state index contributed by atoms with van der Waals surface area (Å²) in [6, 6.07) is 0. The molecule has 116 valence electrons. The number of piperidine rings is 1. The van der Waals surface area contributed by atoms with E-state index in [0.29, 0.717) is 18.9 Å². The van der Waals surface area contributed by atoms with Gasteiger partial charge in [-0.05, 0) is 44.8 Å². The highest BCUT2D eigenvalue weighted by Gasteiger charge is 2.33. The van der Waals surface area contributed by atoms with E-state index in [1.54, 1.807) is 0 Å². The van der Waals surface area contributed by atoms with Crippen LogP contribution in [-0.4, -0.2) is 56.3 Å². The van der Waals surface area contributed by atoms with Crippen molar-refractivity contribution in [1.82, 2.24) is 15.5 Å². The third-order valence-corrected chi connectivity index (χ3v) is 4.08. The highest BCUT2D eigenvalue weighted by atomic mass is 19.4. The number of carbonyl (C=O) groups excluding carboxylic acids is 1. The lowest BCUT2D eigenvalue weighted by Crippen LogP contribution is -2.39. The van der Waals surface area contributed by atoms with Crippen molar-refractivity contribution in [3.8, 4) is 0 Å². The molecule has 4 nitrogen and oxygen atoms in total. The maximum absolute atomic E-state index is 12.1. The van der Waals surface area contributed by atoms with E-state index in [1.807, 2.05) is 5.32 Å². The Morgan fingerprint density at radius 2 is 1.95 bits per heavy atom. The number of nitrogens with one attached hydrogen (secondary N) is 2. The molecule has 2 rings (SSSR count). The van der Waals surface area contributed by atoms with Gasteiger partial charge in [-0.15, -0.1) is 0 Å². The minimum atomic E-state index is -4.33. The number of halogens is 3. The molecule has 2 N–H and O–H groups in total. The van der Waals surface area contributed by atoms with E-state index < -0.39 is 18.6 Å². The standard InChI is InChI=1S/C13H22F3N3O/c14-13(15,16)9-18-12(20)11-3-6-19(8-11)7-10-1-4-17-5-2-10/h10-11,17H,1-9H2,(H,18,20). The fourth-order valence-electron chi connectivity index (χ4n) is 2.97. The summed E-state index contributed by atoms with van der Waals surface area (Å²) in [6.07, 6.45) is -1.39. The van der Waals surface area contributed by atoms with E-state index in [2.05, 4.69) is 10.2 Å². The minimum absolute atomic E-state index is 0.293. The zero-order valence-corrected chi connectivity index (χ0v) is 11.5. The van der Waals surface area contributed by atoms with Gasteiger partial charge < -0.3 is 15.5 Å². The summed E-state index contributed by atoms with van der Waals surface area (Å²) in [6.45, 7) is 3.21. The van der Waals surface area contributed by atoms with Crippen LogP contribution in [0.25, 0.3) is 0 Å². The highest BCUT2D eigenvalue weighted by molar-refractivity contribution is 5.79. The monoisotopic (exact) mass is 293 g/mol. The fraction of sp³-hybridized carbons (Fsp3) is 0.923. The van der Waals surface area contributed by atoms with Gasteiger partial charge in [0.1, 0.15) is 6.54 Å². The van der Waals surface area contributed by atoms with Gasteiger partial charge in [-0.25, -0.2) is 0 Å². The van der Waals surface area contributed by atoms with Crippen molar-refractivity contribution in [3.05, 3.63) is 0 Å². The Labute approximate surface area is 117 Å². The van der Waals surface area contributed by atoms with Crippen molar-refractivity contribution < 1.29 is 18.0 Å². The number of alkyl halides is 3. The number of hydrogen-bond donors (Lipinski definition) is 2. The van der Waals surface area contributed by atoms with Crippen LogP contribution in [-0.2, 0) is 4.79 Å². The van der Waals surface area contributed by atoms with Crippen LogP contribution < -0.4 is 10.6 Å². The Bertz CT molecular complexity index is 329. The van der Waals surface area contributed by atoms with Crippen LogP contribution >= 0.6 is 0 Å². The van der Waals surface area contributed by atoms with Crippen LogP contribution in [0.3, 0.4) is 0 Å². The maximum atomic E-state index is 12.1. The number of hydrogen-bond acceptors (Lipinski definition) is 3. The molecule has 7 heteroatoms. The average Bonchev–Trinajstić information content (AvgIpc) is 2.85. The van der Waals surface area contributed by atoms with Crippen molar-refractivity contribution >= 4 is 5.91 Å². The van der Waals surface area contributed by atoms with Gasteiger partial charge in [0.25, 0.3) is 0 Å². The second-order valence-electron chi connectivity index (χ2n) is 5.77. The van der Waals surface area contributed by atoms with E-state index in [1.165, 1.54) is 0 Å². The van der Waals surface area contributed by atoms with Crippen LogP contribution in [0.4, 0.5) is 13.2 Å². The molecule has 20 heavy (non-hydrogen) atoms. The summed E-state index contributed by atoms with van der Waals surface area (Å²) in [5.41, 5.74) is 0. The second-order valence-corrected chi connectivity index (χ2v) is 5.77. The predicted octanol–water partition coefficient (Wildman–Crippen LogP) is 0.986. The lowest BCUT2D eigenvalue weighted by Gasteiger charge is -2.27. The van der Waals surface area contributed by atoms with Crippen molar-refractivity contribution in [1.29, 1.82) is 0 Å². The lowest BCUT2D eigenvalue weighted by atomic mass is 9.98. The quantitative estimate of drug-likeness (QED) is 0.812. The largest absolute Gasteiger partial charge is 0.405 e. The average molecular weight is 293 g/mol. The van der Waals surface area contributed by atoms with Gasteiger partial charge >= 0.3 is 6.18 Å². The van der Waals surface area contributed by atoms with Gasteiger partial charge in [0.2, 0.25) is 5.91 Å². The second kappa shape index (κ2) is 6.76. The molecule has 2 saturated heterocycles. The smallest absolute Gasteiger partial charge is 0.347 e. The topological polar surface area (TPSA) is 44.4 Å². The Morgan fingerprint density at radius 3 is 2.60 bits per heavy atom. The summed E-state index contributed by atoms with van der Waals surface area (Å²) in [5.74, 6) is -0.109. The number of likely N-dealkylation sites (tertiary alicyclic amines) is 1. The molecular formula is C13H22F3N3O. The molecular weight excluding hydrogens is 271 g/mol. The van der Waals surface area contributed by atoms with E-state index in [9.17, 15) is 18.0 Å². The summed E-state index contributed by atoms with van der Waals surface area (Å²) in [7, 11) is 0. The maximum Gasteiger partial charge on any atom is 0.405 e. The Hall–Kier alpha value is -0.820. The third-order valence-electron chi connectivity index (χ3n) is 4.08. The molecule has 2 aliphatic rings. The predicted molar refractivity (Wildman–Crippen MR) is 69.2 cm³/mol. The van der Waals surface area contributed by atoms with Crippen molar-refractivity contribution in [2.45, 2.75) is 25.4 Å². The van der Waals surface area contributed by atoms with Gasteiger partial charge in [-0.3, -0.25) is 4.79 Å². The van der Waals surface area contributed by atoms with Gasteiger partial charge in [0, 0.05) is 13.1 Å². The van der Waals surface area contributed by atoms with Gasteiger partial charge in [0.05, 0.1) is 5.92 Å². The molecule has 0 aromatic carbocycles. The molecule has 1 atom stereocenters. The molecule has 1 amide bonds. The number of amides is 1. The first-order valence-corrected chi connectivity index (χ1v) is 7.21. The first-order chi connectivity index (χ1) is 9.44. The normalized spacial score (nSPS) is 25.9. The fourth-order valence-corrected chi connectivity index (χ4v) is 2.97. The summed E-state index contributed by atoms with van der Waals surface area (Å²) < 4.78 is 36.2. The first kappa shape index (κ1) is 15.6. The molecule has 1 unspecified atom stereocenters. The van der Waals surface area contributed by atoms with E-state index in [4.69, 9.17) is 0 Å². The van der Waals surface area contributed by atoms with Crippen molar-refractivity contribution in [3.63, 3.8) is 0 Å². The third kappa shape index (κ3) is 4.94. The van der Waals surface area contributed by atoms with Gasteiger partial charge in [-0.1, -0.05) is 0 Å². The van der Waals surface area contributed by atoms with E-state index in [0.717, 1.165) is 39.0 Å². The molecule has 2 fully saturated rings. The van der Waals surface area contributed by atoms with Crippen molar-refractivity contribution in [2.24, 2.45) is 11.8 Å². The van der Waals surface area contributed by atoms with E-state index >= 15 is 0 Å². The van der Waals surface area contributed by atoms with Crippen LogP contribution in [0, 0.1) is 11.8 Å². The molecule has 2 aliphatic heterocycles. The zero-order chi connectivity index (χ0) is 14.6. The molecule has 0 aromatic rings. The highest BCUT2D eigenvalue weighted by Crippen LogP contribution is 2.21. The molecule has 0 bridgehead atoms. The SMILES string of the molecule is O=C(NCC(F)(F)F)C1CCN(CC2CCNCC2)C1. The van der Waals surface area contributed by atoms with E-state index in [-0.39, 0.29) is 5.92 Å². The Morgan fingerprint density at radius 1 is 1.25 bits per heavy atom. The molecule has 0 radical (unpaired) electrons. The number of nitrogens with zero attached hydrogens (tertiary/aromatic N) is 1.